The maximum absolute atomic E-state index is 4.18. The number of allylic oxidation sites excluding steroid dienone is 2. The Bertz CT molecular complexity index is 219. The van der Waals surface area contributed by atoms with Gasteiger partial charge in [-0.25, -0.2) is 0 Å². The molecule has 0 N–H and O–H groups in total. The van der Waals surface area contributed by atoms with Gasteiger partial charge < -0.3 is 16.0 Å². The van der Waals surface area contributed by atoms with Gasteiger partial charge in [-0.3, -0.25) is 0 Å². The molecule has 0 bridgehead atoms. The zero-order chi connectivity index (χ0) is 16.3. The second-order valence-corrected chi connectivity index (χ2v) is 80.3. The standard InChI is InChI=1S/2C5H10N.C5H6N.Bi.3HI/c3*1-2-4-6-5-3-1;;;;/h2*1-5H2;1-4H,5H2;;3*1H/q3*-1;+3;;;/p-3. The Morgan fingerprint density at radius 1 is 0.682 bits per heavy atom. The van der Waals surface area contributed by atoms with E-state index in [9.17, 15) is 0 Å². The minimum atomic E-state index is -0.683. The average molecular weight is 838 g/mol. The monoisotopic (exact) mass is 838 g/mol. The quantitative estimate of drug-likeness (QED) is 0.190. The second kappa shape index (κ2) is 21.3. The molecule has 0 aromatic rings. The molecule has 2 fully saturated rings. The van der Waals surface area contributed by atoms with Gasteiger partial charge in [0.25, 0.3) is 0 Å². The van der Waals surface area contributed by atoms with Crippen molar-refractivity contribution in [3.63, 3.8) is 0 Å². The fourth-order valence-corrected chi connectivity index (χ4v) is 1.84. The summed E-state index contributed by atoms with van der Waals surface area (Å²) in [4.78, 5) is 0. The molecule has 0 saturated carbocycles. The Balaban J connectivity index is 0.000000271. The SMILES string of the molecule is C1=CC[N-]C=C1.C1CC[N-]CC1.C1CC[N-]CC1.[I][Bi]([I])[I]. The van der Waals surface area contributed by atoms with Crippen LogP contribution in [0, 0.1) is 0 Å². The molecule has 3 aliphatic heterocycles. The zero-order valence-corrected chi connectivity index (χ0v) is 23.0. The third-order valence-electron chi connectivity index (χ3n) is 2.91. The molecule has 3 nitrogen and oxygen atoms in total. The van der Waals surface area contributed by atoms with Gasteiger partial charge in [0.05, 0.1) is 0 Å². The first kappa shape index (κ1) is 24.3. The predicted octanol–water partition coefficient (Wildman–Crippen LogP) is 6.81. The van der Waals surface area contributed by atoms with Crippen LogP contribution in [0.3, 0.4) is 0 Å². The van der Waals surface area contributed by atoms with E-state index < -0.39 is 9.18 Å². The Morgan fingerprint density at radius 2 is 1.14 bits per heavy atom. The van der Waals surface area contributed by atoms with Crippen LogP contribution in [0.5, 0.6) is 0 Å². The molecule has 7 heteroatoms. The Hall–Kier alpha value is 2.27. The maximum atomic E-state index is 4.18. The average Bonchev–Trinajstić information content (AvgIpc) is 2.60. The topological polar surface area (TPSA) is 42.3 Å². The summed E-state index contributed by atoms with van der Waals surface area (Å²) in [5, 5.41) is 12.3. The number of hydrogen-bond acceptors (Lipinski definition) is 0. The number of halogens is 3. The number of piperidine rings is 2. The summed E-state index contributed by atoms with van der Waals surface area (Å²) in [6, 6.07) is 0. The Kier molecular flexibility index (Phi) is 23.5. The van der Waals surface area contributed by atoms with E-state index in [1.807, 2.05) is 18.2 Å². The first-order valence-corrected chi connectivity index (χ1v) is 37.1. The van der Waals surface area contributed by atoms with Crippen molar-refractivity contribution in [2.24, 2.45) is 0 Å². The molecule has 0 unspecified atom stereocenters. The summed E-state index contributed by atoms with van der Waals surface area (Å²) >= 11 is 7.56. The van der Waals surface area contributed by atoms with Gasteiger partial charge in [-0.2, -0.15) is 6.20 Å². The minimum absolute atomic E-state index is 0.683. The van der Waals surface area contributed by atoms with Gasteiger partial charge in [0.1, 0.15) is 0 Å². The molecule has 0 radical (unpaired) electrons. The third-order valence-corrected chi connectivity index (χ3v) is 2.91. The van der Waals surface area contributed by atoms with Crippen molar-refractivity contribution in [3.8, 4) is 0 Å². The molecule has 0 amide bonds. The van der Waals surface area contributed by atoms with E-state index in [2.05, 4.69) is 70.1 Å². The summed E-state index contributed by atoms with van der Waals surface area (Å²) < 4.78 is 0. The van der Waals surface area contributed by atoms with Crippen LogP contribution < -0.4 is 0 Å². The van der Waals surface area contributed by atoms with Crippen LogP contribution in [-0.2, 0) is 0 Å². The van der Waals surface area contributed by atoms with E-state index in [1.54, 1.807) is 6.20 Å². The van der Waals surface area contributed by atoms with Gasteiger partial charge in [0.15, 0.2) is 0 Å². The fraction of sp³-hybridized carbons (Fsp3) is 0.733. The van der Waals surface area contributed by atoms with Gasteiger partial charge in [0.2, 0.25) is 0 Å². The molecule has 0 spiro atoms. The van der Waals surface area contributed by atoms with Crippen LogP contribution in [0.1, 0.15) is 38.5 Å². The fourth-order valence-electron chi connectivity index (χ4n) is 1.84. The molecule has 0 aromatic heterocycles. The van der Waals surface area contributed by atoms with Crippen LogP contribution in [0.4, 0.5) is 0 Å². The molecule has 3 rings (SSSR count). The Morgan fingerprint density at radius 3 is 1.23 bits per heavy atom. The van der Waals surface area contributed by atoms with Crippen molar-refractivity contribution in [1.29, 1.82) is 0 Å². The molecule has 3 aliphatic rings. The van der Waals surface area contributed by atoms with Crippen LogP contribution >= 0.6 is 54.1 Å². The van der Waals surface area contributed by atoms with Gasteiger partial charge in [-0.1, -0.05) is 50.7 Å². The van der Waals surface area contributed by atoms with E-state index in [4.69, 9.17) is 0 Å². The van der Waals surface area contributed by atoms with Crippen molar-refractivity contribution >= 4 is 63.3 Å². The molecule has 130 valence electrons. The summed E-state index contributed by atoms with van der Waals surface area (Å²) in [5.74, 6) is 0. The molecule has 2 saturated heterocycles. The summed E-state index contributed by atoms with van der Waals surface area (Å²) in [6.45, 7) is 5.36. The van der Waals surface area contributed by atoms with Gasteiger partial charge >= 0.3 is 63.3 Å². The van der Waals surface area contributed by atoms with Crippen LogP contribution in [-0.4, -0.2) is 41.9 Å². The number of rotatable bonds is 0. The summed E-state index contributed by atoms with van der Waals surface area (Å²) in [7, 11) is -0.683. The zero-order valence-electron chi connectivity index (χ0n) is 13.0. The molecule has 3 heterocycles. The van der Waals surface area contributed by atoms with Gasteiger partial charge in [-0.05, 0) is 0 Å². The van der Waals surface area contributed by atoms with E-state index >= 15 is 0 Å². The molecule has 22 heavy (non-hydrogen) atoms. The third kappa shape index (κ3) is 24.5. The van der Waals surface area contributed by atoms with E-state index in [0.717, 1.165) is 32.7 Å². The van der Waals surface area contributed by atoms with Crippen molar-refractivity contribution in [1.82, 2.24) is 0 Å². The molecule has 0 aliphatic carbocycles. The molecular formula is C15H26BiI3N3-3. The second-order valence-electron chi connectivity index (χ2n) is 4.79. The van der Waals surface area contributed by atoms with Crippen LogP contribution in [0.2, 0.25) is 0 Å². The van der Waals surface area contributed by atoms with Crippen LogP contribution in [0.15, 0.2) is 24.4 Å². The van der Waals surface area contributed by atoms with Crippen molar-refractivity contribution in [3.05, 3.63) is 40.4 Å². The van der Waals surface area contributed by atoms with E-state index in [-0.39, 0.29) is 0 Å². The van der Waals surface area contributed by atoms with E-state index in [1.165, 1.54) is 38.5 Å². The summed E-state index contributed by atoms with van der Waals surface area (Å²) in [5.41, 5.74) is 0. The normalized spacial score (nSPS) is 19.5. The van der Waals surface area contributed by atoms with Crippen molar-refractivity contribution in [2.75, 3.05) is 32.7 Å². The summed E-state index contributed by atoms with van der Waals surface area (Å²) in [6.07, 6.45) is 15.9. The van der Waals surface area contributed by atoms with Crippen LogP contribution in [0.25, 0.3) is 16.0 Å². The number of hydrogen-bond donors (Lipinski definition) is 0. The molecule has 0 atom stereocenters. The Labute approximate surface area is 172 Å². The molecule has 0 aromatic carbocycles. The van der Waals surface area contributed by atoms with Crippen molar-refractivity contribution in [2.45, 2.75) is 38.5 Å². The first-order valence-electron chi connectivity index (χ1n) is 7.75. The molecular weight excluding hydrogens is 812 g/mol. The van der Waals surface area contributed by atoms with Crippen molar-refractivity contribution < 1.29 is 0 Å². The predicted molar refractivity (Wildman–Crippen MR) is 128 cm³/mol. The van der Waals surface area contributed by atoms with E-state index in [0.29, 0.717) is 0 Å². The first-order chi connectivity index (χ1) is 10.7. The van der Waals surface area contributed by atoms with Gasteiger partial charge in [-0.15, -0.1) is 38.8 Å². The number of nitrogens with zero attached hydrogens (tertiary/aromatic N) is 3. The van der Waals surface area contributed by atoms with Gasteiger partial charge in [0, 0.05) is 0 Å².